The van der Waals surface area contributed by atoms with Gasteiger partial charge in [-0.15, -0.1) is 11.3 Å². The van der Waals surface area contributed by atoms with Crippen molar-refractivity contribution in [3.63, 3.8) is 0 Å². The van der Waals surface area contributed by atoms with Crippen molar-refractivity contribution in [2.75, 3.05) is 26.2 Å². The fourth-order valence-electron chi connectivity index (χ4n) is 14.7. The average Bonchev–Trinajstić information content (AvgIpc) is 4.20. The van der Waals surface area contributed by atoms with E-state index in [1.54, 1.807) is 12.1 Å². The molecule has 2 spiro atoms. The van der Waals surface area contributed by atoms with Crippen LogP contribution in [0.3, 0.4) is 0 Å². The third kappa shape index (κ3) is 5.27. The molecule has 12 nitrogen and oxygen atoms in total. The van der Waals surface area contributed by atoms with E-state index in [9.17, 15) is 29.4 Å². The van der Waals surface area contributed by atoms with Crippen molar-refractivity contribution >= 4 is 45.6 Å². The number of hydrogen-bond donors (Lipinski definition) is 2. The minimum atomic E-state index is -1.11. The molecule has 4 aliphatic heterocycles. The van der Waals surface area contributed by atoms with Gasteiger partial charge in [-0.3, -0.25) is 29.0 Å². The number of benzene rings is 3. The van der Waals surface area contributed by atoms with Gasteiger partial charge in [-0.1, -0.05) is 36.4 Å². The lowest BCUT2D eigenvalue weighted by molar-refractivity contribution is -0.188. The number of carbonyl (C=O) groups is 4. The smallest absolute Gasteiger partial charge is 0.316 e. The molecule has 10 aliphatic rings. The van der Waals surface area contributed by atoms with Crippen molar-refractivity contribution in [1.82, 2.24) is 9.80 Å². The zero-order valence-electron chi connectivity index (χ0n) is 36.3. The van der Waals surface area contributed by atoms with Crippen molar-refractivity contribution in [1.29, 1.82) is 0 Å². The molecule has 5 heterocycles. The van der Waals surface area contributed by atoms with Gasteiger partial charge >= 0.3 is 11.9 Å². The first kappa shape index (κ1) is 39.5. The van der Waals surface area contributed by atoms with Crippen LogP contribution >= 0.6 is 11.3 Å². The molecule has 4 aromatic rings. The molecule has 65 heavy (non-hydrogen) atoms. The van der Waals surface area contributed by atoms with Gasteiger partial charge in [0.25, 0.3) is 0 Å². The van der Waals surface area contributed by atoms with Crippen LogP contribution in [0.5, 0.6) is 23.0 Å². The lowest BCUT2D eigenvalue weighted by Crippen LogP contribution is -2.76. The number of nitrogens with zero attached hydrogens (tertiary/aromatic N) is 2. The maximum atomic E-state index is 14.0. The number of hydrogen-bond acceptors (Lipinski definition) is 13. The van der Waals surface area contributed by atoms with Crippen LogP contribution in [0, 0.1) is 11.8 Å². The van der Waals surface area contributed by atoms with Crippen LogP contribution in [-0.4, -0.2) is 105 Å². The Morgan fingerprint density at radius 1 is 0.646 bits per heavy atom. The lowest BCUT2D eigenvalue weighted by Gasteiger charge is -2.62. The zero-order chi connectivity index (χ0) is 43.8. The summed E-state index contributed by atoms with van der Waals surface area (Å²) in [6.07, 6.45) is 7.00. The van der Waals surface area contributed by atoms with Crippen molar-refractivity contribution in [2.45, 2.75) is 136 Å². The van der Waals surface area contributed by atoms with Gasteiger partial charge in [0.15, 0.2) is 46.8 Å². The van der Waals surface area contributed by atoms with Crippen LogP contribution in [0.1, 0.15) is 96.2 Å². The van der Waals surface area contributed by atoms with E-state index in [0.29, 0.717) is 61.9 Å². The van der Waals surface area contributed by atoms with E-state index < -0.39 is 46.2 Å². The second-order valence-corrected chi connectivity index (χ2v) is 22.4. The van der Waals surface area contributed by atoms with Gasteiger partial charge in [-0.25, -0.2) is 0 Å². The minimum absolute atomic E-state index is 0.0116. The summed E-state index contributed by atoms with van der Waals surface area (Å²) in [6.45, 7) is 3.52. The van der Waals surface area contributed by atoms with E-state index in [1.165, 1.54) is 37.0 Å². The summed E-state index contributed by atoms with van der Waals surface area (Å²) < 4.78 is 25.4. The zero-order valence-corrected chi connectivity index (χ0v) is 37.1. The fourth-order valence-corrected chi connectivity index (χ4v) is 16.0. The first-order valence-corrected chi connectivity index (χ1v) is 24.9. The molecule has 1 aromatic heterocycles. The predicted molar refractivity (Wildman–Crippen MR) is 237 cm³/mol. The number of esters is 2. The number of ketones is 2. The molecule has 4 bridgehead atoms. The first-order chi connectivity index (χ1) is 31.5. The molecule has 6 fully saturated rings. The SMILES string of the molecule is O=C(Cc1sc(CC(=O)Oc2ccc3c4c2O[C@H]2C(=O)CC[C@@]5(O)[C@@H](C3)N(CC3CC3)CC[C@]425)c2ccccc12)Oc1ccc2c3c1O[C@H]1C(=O)CC[C@@]4(O)[C@@H](C2)N(CC2CC2)CC[C@]314. The van der Waals surface area contributed by atoms with Gasteiger partial charge in [0.2, 0.25) is 0 Å². The van der Waals surface area contributed by atoms with Crippen LogP contribution < -0.4 is 18.9 Å². The molecule has 4 saturated carbocycles. The third-order valence-electron chi connectivity index (χ3n) is 17.9. The van der Waals surface area contributed by atoms with Crippen molar-refractivity contribution in [2.24, 2.45) is 11.8 Å². The second-order valence-electron chi connectivity index (χ2n) is 21.2. The van der Waals surface area contributed by atoms with Gasteiger partial charge < -0.3 is 29.2 Å². The third-order valence-corrected chi connectivity index (χ3v) is 19.1. The van der Waals surface area contributed by atoms with Gasteiger partial charge in [-0.2, -0.15) is 0 Å². The number of carbonyl (C=O) groups excluding carboxylic acids is 4. The predicted octanol–water partition coefficient (Wildman–Crippen LogP) is 5.46. The standard InChI is InChI=1S/C52H52N2O10S/c55-33-13-15-51(59)39-21-29-9-11-35(45-43(29)49(51,47(33)63-45)17-19-53(39)25-27-5-6-27)61-41(57)23-37-31-3-1-2-4-32(31)38(65-37)24-42(58)62-36-12-10-30-22-40-52(60)16-14-34(56)48-50(52,44(30)46(36)64-48)18-20-54(40)26-28-7-8-28/h1-4,9-12,27-28,39-40,47-48,59-60H,5-8,13-26H2/t39-,40-,47+,48+,49+,50+,51-,52-/m1/s1. The van der Waals surface area contributed by atoms with E-state index in [2.05, 4.69) is 9.80 Å². The van der Waals surface area contributed by atoms with E-state index in [1.807, 2.05) is 36.4 Å². The Morgan fingerprint density at radius 3 is 1.52 bits per heavy atom. The number of Topliss-reactive ketones (excluding diaryl/α,β-unsaturated/α-hetero) is 2. The Morgan fingerprint density at radius 2 is 1.09 bits per heavy atom. The molecule has 6 aliphatic carbocycles. The first-order valence-electron chi connectivity index (χ1n) is 24.0. The van der Waals surface area contributed by atoms with Gasteiger partial charge in [0, 0.05) is 58.9 Å². The highest BCUT2D eigenvalue weighted by Crippen LogP contribution is 2.67. The number of likely N-dealkylation sites (tertiary alicyclic amines) is 2. The number of ether oxygens (including phenoxy) is 4. The second kappa shape index (κ2) is 13.5. The molecule has 0 unspecified atom stereocenters. The molecule has 2 N–H and O–H groups in total. The Balaban J connectivity index is 0.726. The largest absolute Gasteiger partial charge is 0.477 e. The van der Waals surface area contributed by atoms with Gasteiger partial charge in [0.05, 0.1) is 34.9 Å². The molecular formula is C52H52N2O10S. The van der Waals surface area contributed by atoms with Crippen LogP contribution in [0.4, 0.5) is 0 Å². The summed E-state index contributed by atoms with van der Waals surface area (Å²) in [5, 5.41) is 27.1. The highest BCUT2D eigenvalue weighted by atomic mass is 32.1. The Bertz CT molecular complexity index is 2630. The van der Waals surface area contributed by atoms with E-state index in [4.69, 9.17) is 18.9 Å². The molecule has 3 aromatic carbocycles. The van der Waals surface area contributed by atoms with E-state index in [0.717, 1.165) is 69.0 Å². The number of rotatable bonds is 10. The quantitative estimate of drug-likeness (QED) is 0.154. The molecule has 336 valence electrons. The highest BCUT2D eigenvalue weighted by molar-refractivity contribution is 7.14. The highest BCUT2D eigenvalue weighted by Gasteiger charge is 2.75. The van der Waals surface area contributed by atoms with Crippen molar-refractivity contribution in [3.05, 3.63) is 80.5 Å². The summed E-state index contributed by atoms with van der Waals surface area (Å²) in [5.74, 6) is 1.66. The average molecular weight is 897 g/mol. The molecule has 0 amide bonds. The van der Waals surface area contributed by atoms with Crippen LogP contribution in [0.15, 0.2) is 48.5 Å². The number of aliphatic hydroxyl groups is 2. The number of fused-ring (bicyclic) bond motifs is 1. The van der Waals surface area contributed by atoms with E-state index in [-0.39, 0.29) is 60.8 Å². The molecular weight excluding hydrogens is 845 g/mol. The van der Waals surface area contributed by atoms with Gasteiger partial charge in [-0.05, 0) is 123 Å². The van der Waals surface area contributed by atoms with Crippen molar-refractivity contribution in [3.8, 4) is 23.0 Å². The Kier molecular flexibility index (Phi) is 8.20. The summed E-state index contributed by atoms with van der Waals surface area (Å²) >= 11 is 1.37. The molecule has 8 atom stereocenters. The van der Waals surface area contributed by atoms with Gasteiger partial charge in [0.1, 0.15) is 0 Å². The van der Waals surface area contributed by atoms with Crippen LogP contribution in [-0.2, 0) is 55.7 Å². The fraction of sp³-hybridized carbons (Fsp3) is 0.538. The maximum Gasteiger partial charge on any atom is 0.316 e. The molecule has 2 saturated heterocycles. The molecule has 14 rings (SSSR count). The maximum absolute atomic E-state index is 14.0. The number of piperidine rings is 2. The Hall–Kier alpha value is -4.66. The summed E-state index contributed by atoms with van der Waals surface area (Å²) in [4.78, 5) is 61.6. The van der Waals surface area contributed by atoms with Crippen molar-refractivity contribution < 1.29 is 48.3 Å². The lowest BCUT2D eigenvalue weighted by atomic mass is 9.49. The monoisotopic (exact) mass is 896 g/mol. The summed E-state index contributed by atoms with van der Waals surface area (Å²) in [5.41, 5.74) is -0.184. The van der Waals surface area contributed by atoms with E-state index >= 15 is 0 Å². The topological polar surface area (TPSA) is 152 Å². The molecule has 0 radical (unpaired) electrons. The Labute approximate surface area is 380 Å². The molecule has 13 heteroatoms. The normalized spacial score (nSPS) is 34.7. The minimum Gasteiger partial charge on any atom is -0.477 e. The van der Waals surface area contributed by atoms with Crippen LogP contribution in [0.2, 0.25) is 0 Å². The summed E-state index contributed by atoms with van der Waals surface area (Å²) in [6, 6.07) is 15.0. The van der Waals surface area contributed by atoms with Crippen LogP contribution in [0.25, 0.3) is 10.8 Å². The summed E-state index contributed by atoms with van der Waals surface area (Å²) in [7, 11) is 0. The number of thiophene rings is 1.